The molecule has 0 aromatic heterocycles. The number of sulfone groups is 1. The molecular formula is C20H18F8N2O5S3. The summed E-state index contributed by atoms with van der Waals surface area (Å²) in [4.78, 5) is 9.29. The van der Waals surface area contributed by atoms with Crippen LogP contribution in [0, 0.1) is 5.41 Å². The van der Waals surface area contributed by atoms with Crippen molar-refractivity contribution in [3.8, 4) is 0 Å². The minimum Gasteiger partial charge on any atom is -0.346 e. The number of sulfonamides is 1. The monoisotopic (exact) mass is 614 g/mol. The highest BCUT2D eigenvalue weighted by Gasteiger charge is 2.79. The van der Waals surface area contributed by atoms with Gasteiger partial charge in [0.1, 0.15) is 4.90 Å². The third kappa shape index (κ3) is 5.04. The first kappa shape index (κ1) is 28.4. The summed E-state index contributed by atoms with van der Waals surface area (Å²) in [5, 5.41) is 2.38. The predicted molar refractivity (Wildman–Crippen MR) is 121 cm³/mol. The van der Waals surface area contributed by atoms with Gasteiger partial charge in [-0.3, -0.25) is 9.52 Å². The zero-order valence-electron chi connectivity index (χ0n) is 19.0. The lowest BCUT2D eigenvalue weighted by Gasteiger charge is -2.70. The summed E-state index contributed by atoms with van der Waals surface area (Å²) in [7, 11) is -18.8. The molecule has 1 amide bonds. The van der Waals surface area contributed by atoms with E-state index in [1.54, 1.807) is 0 Å². The van der Waals surface area contributed by atoms with Crippen LogP contribution in [0.3, 0.4) is 0 Å². The smallest absolute Gasteiger partial charge is 0.346 e. The largest absolute Gasteiger partial charge is 0.394 e. The third-order valence-corrected chi connectivity index (χ3v) is 10.2. The molecule has 0 heterocycles. The van der Waals surface area contributed by atoms with Gasteiger partial charge in [-0.2, -0.15) is 13.2 Å². The lowest BCUT2D eigenvalue weighted by molar-refractivity contribution is -0.336. The number of halogens is 8. The maximum atomic E-state index is 13.1. The fourth-order valence-electron chi connectivity index (χ4n) is 4.64. The second kappa shape index (κ2) is 7.32. The molecule has 0 unspecified atom stereocenters. The molecule has 0 atom stereocenters. The van der Waals surface area contributed by atoms with Crippen LogP contribution in [0.15, 0.2) is 57.2 Å². The molecule has 0 saturated heterocycles. The molecule has 0 spiro atoms. The molecule has 18 heteroatoms. The van der Waals surface area contributed by atoms with E-state index in [0.717, 1.165) is 24.5 Å². The van der Waals surface area contributed by atoms with Crippen molar-refractivity contribution in [2.24, 2.45) is 5.41 Å². The Labute approximate surface area is 211 Å². The maximum Gasteiger partial charge on any atom is 0.394 e. The van der Waals surface area contributed by atoms with Crippen molar-refractivity contribution in [2.75, 3.05) is 11.0 Å². The second-order valence-corrected chi connectivity index (χ2v) is 15.7. The highest BCUT2D eigenvalue weighted by atomic mass is 32.5. The number of alkyl halides is 3. The van der Waals surface area contributed by atoms with Crippen molar-refractivity contribution in [1.29, 1.82) is 0 Å². The normalized spacial score (nSPS) is 25.3. The quantitative estimate of drug-likeness (QED) is 0.386. The van der Waals surface area contributed by atoms with Crippen LogP contribution in [-0.2, 0) is 19.9 Å². The van der Waals surface area contributed by atoms with Gasteiger partial charge in [-0.25, -0.2) is 16.8 Å². The van der Waals surface area contributed by atoms with Crippen LogP contribution in [0.2, 0.25) is 0 Å². The van der Waals surface area contributed by atoms with Crippen LogP contribution in [-0.4, -0.2) is 40.7 Å². The van der Waals surface area contributed by atoms with Gasteiger partial charge < -0.3 is 5.32 Å². The lowest BCUT2D eigenvalue weighted by Crippen LogP contribution is -2.78. The summed E-state index contributed by atoms with van der Waals surface area (Å²) >= 11 is 0. The third-order valence-electron chi connectivity index (χ3n) is 6.50. The minimum absolute atomic E-state index is 0.129. The number of hydrogen-bond acceptors (Lipinski definition) is 5. The highest BCUT2D eigenvalue weighted by molar-refractivity contribution is 8.45. The van der Waals surface area contributed by atoms with E-state index >= 15 is 0 Å². The van der Waals surface area contributed by atoms with E-state index in [1.807, 2.05) is 4.72 Å². The lowest BCUT2D eigenvalue weighted by atomic mass is 9.39. The zero-order valence-corrected chi connectivity index (χ0v) is 21.4. The van der Waals surface area contributed by atoms with Crippen molar-refractivity contribution >= 4 is 41.7 Å². The summed E-state index contributed by atoms with van der Waals surface area (Å²) < 4.78 is 155. The molecule has 3 fully saturated rings. The average Bonchev–Trinajstić information content (AvgIpc) is 2.66. The first-order valence-electron chi connectivity index (χ1n) is 10.4. The SMILES string of the molecule is CS(=O)(=O)c1ccc(NS(=O)(=O)c2ccc(S(F)(F)(F)(F)F)cc2)c(C(=O)NC23CC(C(F)(F)F)(C2)C3)c1. The van der Waals surface area contributed by atoms with Crippen LogP contribution in [0.25, 0.3) is 0 Å². The molecule has 2 aromatic carbocycles. The Balaban J connectivity index is 1.64. The van der Waals surface area contributed by atoms with Gasteiger partial charge in [-0.1, -0.05) is 19.4 Å². The summed E-state index contributed by atoms with van der Waals surface area (Å²) in [6, 6.07) is 2.83. The number of amides is 1. The average molecular weight is 615 g/mol. The molecule has 2 bridgehead atoms. The predicted octanol–water partition coefficient (Wildman–Crippen LogP) is 5.76. The van der Waals surface area contributed by atoms with Crippen molar-refractivity contribution in [3.05, 3.63) is 48.0 Å². The van der Waals surface area contributed by atoms with E-state index in [9.17, 15) is 54.2 Å². The van der Waals surface area contributed by atoms with Gasteiger partial charge in [-0.15, -0.1) is 0 Å². The van der Waals surface area contributed by atoms with Gasteiger partial charge in [0, 0.05) is 11.8 Å². The topological polar surface area (TPSA) is 109 Å². The molecule has 0 radical (unpaired) electrons. The Morgan fingerprint density at radius 3 is 1.82 bits per heavy atom. The Hall–Kier alpha value is -2.60. The maximum absolute atomic E-state index is 13.1. The van der Waals surface area contributed by atoms with E-state index in [-0.39, 0.29) is 24.3 Å². The standard InChI is InChI=1S/C20H18F8N2O5S3/c1-36(32,33)13-4-7-16(15(8-13)17(31)29-19-9-18(10-19,11-19)20(21,22)23)30-37(34,35)12-2-5-14(6-3-12)38(24,25,26,27)28/h2-8,30H,9-11H2,1H3,(H,29,31). The number of anilines is 1. The Morgan fingerprint density at radius 2 is 1.37 bits per heavy atom. The number of carbonyl (C=O) groups is 1. The molecule has 38 heavy (non-hydrogen) atoms. The van der Waals surface area contributed by atoms with Gasteiger partial charge in [-0.05, 0) is 61.7 Å². The van der Waals surface area contributed by atoms with E-state index in [2.05, 4.69) is 5.32 Å². The second-order valence-electron chi connectivity index (χ2n) is 9.57. The van der Waals surface area contributed by atoms with Gasteiger partial charge in [0.25, 0.3) is 15.9 Å². The van der Waals surface area contributed by atoms with Gasteiger partial charge in [0.2, 0.25) is 0 Å². The summed E-state index contributed by atoms with van der Waals surface area (Å²) in [5.74, 6) is -1.10. The van der Waals surface area contributed by atoms with Crippen molar-refractivity contribution in [2.45, 2.75) is 45.7 Å². The summed E-state index contributed by atoms with van der Waals surface area (Å²) in [6.45, 7) is 0. The van der Waals surface area contributed by atoms with E-state index in [0.29, 0.717) is 0 Å². The first-order chi connectivity index (χ1) is 16.8. The summed E-state index contributed by atoms with van der Waals surface area (Å²) in [5.41, 5.74) is -4.29. The van der Waals surface area contributed by atoms with E-state index in [4.69, 9.17) is 0 Å². The first-order valence-corrected chi connectivity index (χ1v) is 15.7. The van der Waals surface area contributed by atoms with Gasteiger partial charge in [0.05, 0.1) is 26.5 Å². The molecule has 2 aromatic rings. The van der Waals surface area contributed by atoms with Crippen LogP contribution in [0.1, 0.15) is 29.6 Å². The highest BCUT2D eigenvalue weighted by Crippen LogP contribution is 3.02. The van der Waals surface area contributed by atoms with Crippen LogP contribution >= 0.6 is 10.2 Å². The number of rotatable bonds is 7. The van der Waals surface area contributed by atoms with Crippen molar-refractivity contribution in [1.82, 2.24) is 5.32 Å². The Kier molecular flexibility index (Phi) is 5.47. The van der Waals surface area contributed by atoms with Crippen molar-refractivity contribution < 1.29 is 54.2 Å². The number of hydrogen-bond donors (Lipinski definition) is 2. The molecule has 3 aliphatic carbocycles. The number of nitrogens with one attached hydrogen (secondary N) is 2. The fraction of sp³-hybridized carbons (Fsp3) is 0.350. The van der Waals surface area contributed by atoms with Crippen molar-refractivity contribution in [3.63, 3.8) is 0 Å². The van der Waals surface area contributed by atoms with E-state index < -0.39 is 98.3 Å². The molecule has 3 saturated carbocycles. The Bertz CT molecular complexity index is 1550. The van der Waals surface area contributed by atoms with Crippen LogP contribution in [0.5, 0.6) is 0 Å². The molecule has 3 aliphatic rings. The van der Waals surface area contributed by atoms with Gasteiger partial charge >= 0.3 is 16.4 Å². The Morgan fingerprint density at radius 1 is 0.868 bits per heavy atom. The number of carbonyl (C=O) groups excluding carboxylic acids is 1. The zero-order chi connectivity index (χ0) is 28.9. The molecule has 5 rings (SSSR count). The molecular weight excluding hydrogens is 596 g/mol. The fourth-order valence-corrected chi connectivity index (χ4v) is 7.02. The van der Waals surface area contributed by atoms with Crippen LogP contribution < -0.4 is 10.0 Å². The number of benzene rings is 2. The molecule has 7 nitrogen and oxygen atoms in total. The van der Waals surface area contributed by atoms with E-state index in [1.165, 1.54) is 0 Å². The minimum atomic E-state index is -10.1. The summed E-state index contributed by atoms with van der Waals surface area (Å²) in [6.07, 6.45) is -4.95. The molecule has 0 aliphatic heterocycles. The van der Waals surface area contributed by atoms with Crippen LogP contribution in [0.4, 0.5) is 38.3 Å². The van der Waals surface area contributed by atoms with Gasteiger partial charge in [0.15, 0.2) is 9.84 Å². The molecule has 2 N–H and O–H groups in total. The molecule has 212 valence electrons.